The van der Waals surface area contributed by atoms with Crippen LogP contribution in [0, 0.1) is 0 Å². The largest absolute Gasteiger partial charge is 0.301 e. The van der Waals surface area contributed by atoms with Crippen molar-refractivity contribution in [3.05, 3.63) is 63.1 Å². The van der Waals surface area contributed by atoms with Crippen molar-refractivity contribution in [2.24, 2.45) is 0 Å². The Hall–Kier alpha value is -0.820. The van der Waals surface area contributed by atoms with Crippen molar-refractivity contribution >= 4 is 44.8 Å². The second-order valence-electron chi connectivity index (χ2n) is 7.77. The molecule has 0 bridgehead atoms. The fourth-order valence-electron chi connectivity index (χ4n) is 3.83. The van der Waals surface area contributed by atoms with Crippen molar-refractivity contribution in [1.82, 2.24) is 9.21 Å². The summed E-state index contributed by atoms with van der Waals surface area (Å²) >= 11 is 18.3. The Morgan fingerprint density at radius 2 is 1.73 bits per heavy atom. The van der Waals surface area contributed by atoms with E-state index in [1.54, 1.807) is 18.2 Å². The van der Waals surface area contributed by atoms with Gasteiger partial charge in [0.05, 0.1) is 5.02 Å². The van der Waals surface area contributed by atoms with Gasteiger partial charge in [-0.05, 0) is 75.2 Å². The molecule has 0 radical (unpaired) electrons. The minimum absolute atomic E-state index is 0.0389. The minimum atomic E-state index is -3.81. The van der Waals surface area contributed by atoms with Crippen LogP contribution in [0.15, 0.2) is 47.4 Å². The summed E-state index contributed by atoms with van der Waals surface area (Å²) in [5.41, 5.74) is 0.868. The topological polar surface area (TPSA) is 40.6 Å². The third kappa shape index (κ3) is 6.12. The number of piperidine rings is 1. The normalized spacial score (nSPS) is 18.1. The molecular weight excluding hydrogens is 463 g/mol. The molecule has 0 saturated carbocycles. The second-order valence-corrected chi connectivity index (χ2v) is 11.0. The third-order valence-electron chi connectivity index (χ3n) is 5.58. The molecule has 8 heteroatoms. The first-order valence-electron chi connectivity index (χ1n) is 10.2. The van der Waals surface area contributed by atoms with Gasteiger partial charge in [0.1, 0.15) is 4.90 Å². The minimum Gasteiger partial charge on any atom is -0.301 e. The number of likely N-dealkylation sites (tertiary alicyclic amines) is 1. The highest BCUT2D eigenvalue weighted by atomic mass is 35.5. The number of hydrogen-bond donors (Lipinski definition) is 0. The summed E-state index contributed by atoms with van der Waals surface area (Å²) in [6.45, 7) is 4.84. The molecule has 1 saturated heterocycles. The van der Waals surface area contributed by atoms with Gasteiger partial charge in [-0.1, -0.05) is 53.4 Å². The molecule has 1 unspecified atom stereocenters. The summed E-state index contributed by atoms with van der Waals surface area (Å²) < 4.78 is 28.4. The van der Waals surface area contributed by atoms with Gasteiger partial charge in [-0.15, -0.1) is 0 Å². The Balaban J connectivity index is 1.80. The van der Waals surface area contributed by atoms with Gasteiger partial charge < -0.3 is 4.90 Å². The zero-order valence-corrected chi connectivity index (χ0v) is 20.1. The van der Waals surface area contributed by atoms with Gasteiger partial charge in [0, 0.05) is 29.2 Å². The molecule has 3 rings (SSSR count). The van der Waals surface area contributed by atoms with E-state index in [2.05, 4.69) is 11.8 Å². The molecule has 0 aliphatic carbocycles. The van der Waals surface area contributed by atoms with Crippen molar-refractivity contribution in [3.8, 4) is 0 Å². The zero-order valence-electron chi connectivity index (χ0n) is 17.0. The smallest absolute Gasteiger partial charge is 0.244 e. The first-order valence-corrected chi connectivity index (χ1v) is 12.8. The molecule has 1 fully saturated rings. The van der Waals surface area contributed by atoms with Gasteiger partial charge in [0.2, 0.25) is 10.0 Å². The molecule has 4 nitrogen and oxygen atoms in total. The lowest BCUT2D eigenvalue weighted by atomic mass is 10.0. The van der Waals surface area contributed by atoms with Crippen LogP contribution in [0.2, 0.25) is 15.1 Å². The molecule has 1 aliphatic rings. The van der Waals surface area contributed by atoms with E-state index in [9.17, 15) is 8.42 Å². The average molecular weight is 490 g/mol. The fourth-order valence-corrected chi connectivity index (χ4v) is 6.16. The van der Waals surface area contributed by atoms with Gasteiger partial charge in [-0.3, -0.25) is 0 Å². The molecule has 2 aromatic rings. The molecule has 1 aliphatic heterocycles. The van der Waals surface area contributed by atoms with Gasteiger partial charge >= 0.3 is 0 Å². The van der Waals surface area contributed by atoms with Crippen molar-refractivity contribution in [1.29, 1.82) is 0 Å². The van der Waals surface area contributed by atoms with Crippen molar-refractivity contribution in [2.45, 2.75) is 50.1 Å². The van der Waals surface area contributed by atoms with Crippen molar-refractivity contribution in [3.63, 3.8) is 0 Å². The van der Waals surface area contributed by atoms with Crippen molar-refractivity contribution in [2.75, 3.05) is 19.6 Å². The van der Waals surface area contributed by atoms with E-state index in [1.165, 1.54) is 35.7 Å². The first-order chi connectivity index (χ1) is 14.3. The second kappa shape index (κ2) is 10.7. The molecule has 0 N–H and O–H groups in total. The van der Waals surface area contributed by atoms with Crippen LogP contribution in [0.4, 0.5) is 0 Å². The Morgan fingerprint density at radius 3 is 2.43 bits per heavy atom. The van der Waals surface area contributed by atoms with E-state index in [0.717, 1.165) is 25.1 Å². The van der Waals surface area contributed by atoms with E-state index in [1.807, 2.05) is 12.1 Å². The summed E-state index contributed by atoms with van der Waals surface area (Å²) in [7, 11) is -3.81. The van der Waals surface area contributed by atoms with E-state index in [0.29, 0.717) is 22.6 Å². The molecule has 164 valence electrons. The number of rotatable bonds is 8. The Labute approximate surface area is 194 Å². The predicted molar refractivity (Wildman–Crippen MR) is 125 cm³/mol. The number of halogens is 3. The first kappa shape index (κ1) is 23.8. The van der Waals surface area contributed by atoms with Gasteiger partial charge in [-0.2, -0.15) is 4.31 Å². The predicted octanol–water partition coefficient (Wildman–Crippen LogP) is 6.10. The number of benzene rings is 2. The van der Waals surface area contributed by atoms with E-state index in [-0.39, 0.29) is 16.5 Å². The lowest BCUT2D eigenvalue weighted by Gasteiger charge is -2.34. The third-order valence-corrected chi connectivity index (χ3v) is 8.39. The number of hydrogen-bond acceptors (Lipinski definition) is 3. The van der Waals surface area contributed by atoms with Crippen LogP contribution in [0.3, 0.4) is 0 Å². The van der Waals surface area contributed by atoms with E-state index in [4.69, 9.17) is 34.8 Å². The van der Waals surface area contributed by atoms with Crippen LogP contribution in [0.5, 0.6) is 0 Å². The van der Waals surface area contributed by atoms with Crippen LogP contribution in [-0.2, 0) is 16.6 Å². The SMILES string of the molecule is CC1CCCCN1CCCN(Cc1ccc(Cl)cc1)S(=O)(=O)c1cc(Cl)ccc1Cl. The quantitative estimate of drug-likeness (QED) is 0.450. The number of nitrogens with zero attached hydrogens (tertiary/aromatic N) is 2. The molecule has 0 spiro atoms. The van der Waals surface area contributed by atoms with Gasteiger partial charge in [0.15, 0.2) is 0 Å². The lowest BCUT2D eigenvalue weighted by molar-refractivity contribution is 0.155. The highest BCUT2D eigenvalue weighted by Gasteiger charge is 2.28. The van der Waals surface area contributed by atoms with Gasteiger partial charge in [0.25, 0.3) is 0 Å². The molecule has 1 atom stereocenters. The molecule has 0 amide bonds. The lowest BCUT2D eigenvalue weighted by Crippen LogP contribution is -2.40. The van der Waals surface area contributed by atoms with Crippen molar-refractivity contribution < 1.29 is 8.42 Å². The maximum Gasteiger partial charge on any atom is 0.244 e. The molecule has 1 heterocycles. The summed E-state index contributed by atoms with van der Waals surface area (Å²) in [6.07, 6.45) is 4.41. The highest BCUT2D eigenvalue weighted by Crippen LogP contribution is 2.29. The van der Waals surface area contributed by atoms with E-state index < -0.39 is 10.0 Å². The molecule has 2 aromatic carbocycles. The zero-order chi connectivity index (χ0) is 21.7. The fraction of sp³-hybridized carbons (Fsp3) is 0.455. The Bertz CT molecular complexity index is 951. The highest BCUT2D eigenvalue weighted by molar-refractivity contribution is 7.89. The number of sulfonamides is 1. The van der Waals surface area contributed by atoms with Crippen LogP contribution in [0.25, 0.3) is 0 Å². The van der Waals surface area contributed by atoms with Crippen LogP contribution in [0.1, 0.15) is 38.2 Å². The average Bonchev–Trinajstić information content (AvgIpc) is 2.71. The maximum absolute atomic E-state index is 13.5. The maximum atomic E-state index is 13.5. The monoisotopic (exact) mass is 488 g/mol. The Kier molecular flexibility index (Phi) is 8.47. The summed E-state index contributed by atoms with van der Waals surface area (Å²) in [4.78, 5) is 2.49. The molecule has 30 heavy (non-hydrogen) atoms. The van der Waals surface area contributed by atoms with E-state index >= 15 is 0 Å². The van der Waals surface area contributed by atoms with Crippen LogP contribution in [-0.4, -0.2) is 43.3 Å². The molecular formula is C22H27Cl3N2O2S. The van der Waals surface area contributed by atoms with Gasteiger partial charge in [-0.25, -0.2) is 8.42 Å². The summed E-state index contributed by atoms with van der Waals surface area (Å²) in [5.74, 6) is 0. The summed E-state index contributed by atoms with van der Waals surface area (Å²) in [6, 6.07) is 12.3. The molecule has 0 aromatic heterocycles. The van der Waals surface area contributed by atoms with Crippen LogP contribution >= 0.6 is 34.8 Å². The standard InChI is InChI=1S/C22H27Cl3N2O2S/c1-17-5-2-3-12-26(17)13-4-14-27(16-18-6-8-19(23)9-7-18)30(28,29)22-15-20(24)10-11-21(22)25/h6-11,15,17H,2-5,12-14,16H2,1H3. The summed E-state index contributed by atoms with van der Waals surface area (Å²) in [5, 5.41) is 1.13. The Morgan fingerprint density at radius 1 is 1.03 bits per heavy atom. The van der Waals surface area contributed by atoms with Crippen LogP contribution < -0.4 is 0 Å².